The molecule has 3 aromatic rings. The first kappa shape index (κ1) is 21.5. The molecule has 2 N–H and O–H groups in total. The van der Waals surface area contributed by atoms with Gasteiger partial charge in [-0.3, -0.25) is 14.6 Å². The molecule has 3 aliphatic rings. The Bertz CT molecular complexity index is 1200. The van der Waals surface area contributed by atoms with Crippen molar-refractivity contribution >= 4 is 17.1 Å². The minimum absolute atomic E-state index is 0.146. The number of anilines is 1. The molecule has 0 aliphatic carbocycles. The van der Waals surface area contributed by atoms with Gasteiger partial charge in [-0.2, -0.15) is 5.10 Å². The van der Waals surface area contributed by atoms with Crippen molar-refractivity contribution in [2.45, 2.75) is 50.8 Å². The second kappa shape index (κ2) is 8.65. The zero-order chi connectivity index (χ0) is 23.2. The normalized spacial score (nSPS) is 25.8. The summed E-state index contributed by atoms with van der Waals surface area (Å²) in [7, 11) is 0. The van der Waals surface area contributed by atoms with Crippen LogP contribution in [0.2, 0.25) is 0 Å². The fourth-order valence-corrected chi connectivity index (χ4v) is 5.79. The van der Waals surface area contributed by atoms with Gasteiger partial charge in [-0.05, 0) is 48.2 Å². The molecule has 3 atom stereocenters. The number of aromatic nitrogens is 2. The zero-order valence-electron chi connectivity index (χ0n) is 19.0. The lowest BCUT2D eigenvalue weighted by Gasteiger charge is -2.41. The first-order valence-electron chi connectivity index (χ1n) is 12.0. The Morgan fingerprint density at radius 3 is 2.65 bits per heavy atom. The maximum Gasteiger partial charge on any atom is 0.225 e. The second-order valence-electron chi connectivity index (χ2n) is 9.66. The fraction of sp³-hybridized carbons (Fsp3) is 0.440. The van der Waals surface area contributed by atoms with Crippen molar-refractivity contribution < 1.29 is 14.3 Å². The van der Waals surface area contributed by atoms with Gasteiger partial charge in [0.1, 0.15) is 5.82 Å². The molecule has 0 radical (unpaired) electrons. The van der Waals surface area contributed by atoms with E-state index in [0.717, 1.165) is 42.9 Å². The molecule has 6 rings (SSSR count). The third kappa shape index (κ3) is 4.04. The number of nitrogens with zero attached hydrogens (tertiary/aromatic N) is 5. The lowest BCUT2D eigenvalue weighted by molar-refractivity contribution is -0.125. The van der Waals surface area contributed by atoms with Crippen LogP contribution in [0.3, 0.4) is 0 Å². The summed E-state index contributed by atoms with van der Waals surface area (Å²) in [5.41, 5.74) is 3.97. The summed E-state index contributed by atoms with van der Waals surface area (Å²) in [6.07, 6.45) is 5.36. The van der Waals surface area contributed by atoms with Crippen molar-refractivity contribution in [1.29, 1.82) is 0 Å². The summed E-state index contributed by atoms with van der Waals surface area (Å²) >= 11 is 0. The van der Waals surface area contributed by atoms with Crippen molar-refractivity contribution in [3.05, 3.63) is 65.7 Å². The fourth-order valence-electron chi connectivity index (χ4n) is 5.79. The van der Waals surface area contributed by atoms with Crippen LogP contribution < -0.4 is 10.2 Å². The molecule has 5 heterocycles. The Hall–Kier alpha value is -3.01. The number of hydrogen-bond acceptors (Lipinski definition) is 6. The van der Waals surface area contributed by atoms with Crippen LogP contribution in [0.25, 0.3) is 5.52 Å². The predicted molar refractivity (Wildman–Crippen MR) is 125 cm³/mol. The lowest BCUT2D eigenvalue weighted by atomic mass is 10.1. The number of likely N-dealkylation sites (tertiary alicyclic amines) is 1. The Morgan fingerprint density at radius 2 is 1.88 bits per heavy atom. The van der Waals surface area contributed by atoms with E-state index in [4.69, 9.17) is 0 Å². The summed E-state index contributed by atoms with van der Waals surface area (Å²) in [4.78, 5) is 18.4. The van der Waals surface area contributed by atoms with E-state index in [1.165, 1.54) is 24.5 Å². The minimum Gasteiger partial charge on any atom is -0.356 e. The molecule has 2 aromatic heterocycles. The largest absolute Gasteiger partial charge is 0.356 e. The van der Waals surface area contributed by atoms with Gasteiger partial charge in [0.2, 0.25) is 12.3 Å². The molecule has 1 amide bonds. The number of hydrogen-bond donors (Lipinski definition) is 2. The number of piperazine rings is 1. The van der Waals surface area contributed by atoms with E-state index in [-0.39, 0.29) is 11.7 Å². The Labute approximate surface area is 197 Å². The van der Waals surface area contributed by atoms with Crippen molar-refractivity contribution in [3.63, 3.8) is 0 Å². The highest BCUT2D eigenvalue weighted by Gasteiger charge is 2.39. The molecule has 3 aliphatic heterocycles. The van der Waals surface area contributed by atoms with Crippen molar-refractivity contribution in [2.75, 3.05) is 24.5 Å². The molecule has 8 nitrogen and oxygen atoms in total. The highest BCUT2D eigenvalue weighted by Crippen LogP contribution is 2.33. The van der Waals surface area contributed by atoms with Gasteiger partial charge in [-0.1, -0.05) is 12.1 Å². The molecule has 2 bridgehead atoms. The molecule has 178 valence electrons. The van der Waals surface area contributed by atoms with Gasteiger partial charge in [0, 0.05) is 57.4 Å². The number of pyridine rings is 1. The molecule has 3 saturated heterocycles. The zero-order valence-corrected chi connectivity index (χ0v) is 19.0. The average molecular weight is 465 g/mol. The summed E-state index contributed by atoms with van der Waals surface area (Å²) in [5.74, 6) is -0.315. The number of halogens is 1. The highest BCUT2D eigenvalue weighted by atomic mass is 19.1. The Morgan fingerprint density at radius 1 is 1.09 bits per heavy atom. The Balaban J connectivity index is 1.16. The SMILES string of the molecule is O=C1CCN(c2cnn3ccc(CN4CC5CCC(C4)N5Cc4cccc(F)c4)cc23)C(O)N1. The van der Waals surface area contributed by atoms with E-state index in [0.29, 0.717) is 25.0 Å². The van der Waals surface area contributed by atoms with Crippen LogP contribution in [0.4, 0.5) is 10.1 Å². The number of rotatable bonds is 5. The number of fused-ring (bicyclic) bond motifs is 3. The second-order valence-corrected chi connectivity index (χ2v) is 9.66. The maximum absolute atomic E-state index is 13.6. The molecular formula is C25H29FN6O2. The lowest BCUT2D eigenvalue weighted by Crippen LogP contribution is -2.54. The number of carbonyl (C=O) groups excluding carboxylic acids is 1. The van der Waals surface area contributed by atoms with Crippen molar-refractivity contribution in [1.82, 2.24) is 24.7 Å². The van der Waals surface area contributed by atoms with Gasteiger partial charge in [0.25, 0.3) is 0 Å². The standard InChI is InChI=1S/C25H29FN6O2/c26-19-3-1-2-17(10-19)14-31-20-4-5-21(31)16-29(15-20)13-18-6-9-32-22(11-18)23(12-27-32)30-8-7-24(33)28-25(30)34/h1-3,6,9-12,20-21,25,34H,4-5,7-8,13-16H2,(H,28,33). The van der Waals surface area contributed by atoms with E-state index >= 15 is 0 Å². The molecule has 9 heteroatoms. The van der Waals surface area contributed by atoms with Gasteiger partial charge in [0.15, 0.2) is 0 Å². The first-order chi connectivity index (χ1) is 16.5. The van der Waals surface area contributed by atoms with E-state index in [2.05, 4.69) is 32.3 Å². The third-order valence-corrected chi connectivity index (χ3v) is 7.41. The maximum atomic E-state index is 13.6. The summed E-state index contributed by atoms with van der Waals surface area (Å²) in [5, 5.41) is 17.3. The van der Waals surface area contributed by atoms with Crippen LogP contribution in [0.15, 0.2) is 48.8 Å². The summed E-state index contributed by atoms with van der Waals surface area (Å²) < 4.78 is 15.4. The molecule has 0 saturated carbocycles. The number of benzene rings is 1. The summed E-state index contributed by atoms with van der Waals surface area (Å²) in [6.45, 7) is 4.11. The molecule has 3 fully saturated rings. The highest BCUT2D eigenvalue weighted by molar-refractivity contribution is 5.81. The van der Waals surface area contributed by atoms with Crippen molar-refractivity contribution in [3.8, 4) is 0 Å². The monoisotopic (exact) mass is 464 g/mol. The van der Waals surface area contributed by atoms with E-state index in [9.17, 15) is 14.3 Å². The number of amides is 1. The van der Waals surface area contributed by atoms with Gasteiger partial charge >= 0.3 is 0 Å². The number of aliphatic hydroxyl groups excluding tert-OH is 1. The molecule has 3 unspecified atom stereocenters. The van der Waals surface area contributed by atoms with E-state index in [1.807, 2.05) is 16.8 Å². The van der Waals surface area contributed by atoms with Gasteiger partial charge in [0.05, 0.1) is 17.4 Å². The van der Waals surface area contributed by atoms with Crippen LogP contribution in [-0.2, 0) is 17.9 Å². The van der Waals surface area contributed by atoms with Crippen molar-refractivity contribution in [2.24, 2.45) is 0 Å². The predicted octanol–water partition coefficient (Wildman–Crippen LogP) is 1.92. The van der Waals surface area contributed by atoms with Gasteiger partial charge < -0.3 is 15.3 Å². The van der Waals surface area contributed by atoms with Crippen LogP contribution in [0.1, 0.15) is 30.4 Å². The van der Waals surface area contributed by atoms with Crippen LogP contribution >= 0.6 is 0 Å². The number of nitrogens with one attached hydrogen (secondary N) is 1. The average Bonchev–Trinajstić information content (AvgIpc) is 3.31. The smallest absolute Gasteiger partial charge is 0.225 e. The van der Waals surface area contributed by atoms with Crippen LogP contribution in [0, 0.1) is 5.82 Å². The first-order valence-corrected chi connectivity index (χ1v) is 12.0. The molecule has 1 aromatic carbocycles. The minimum atomic E-state index is -1.04. The van der Waals surface area contributed by atoms with Crippen LogP contribution in [0.5, 0.6) is 0 Å². The Kier molecular flexibility index (Phi) is 5.47. The molecule has 34 heavy (non-hydrogen) atoms. The molecular weight excluding hydrogens is 435 g/mol. The summed E-state index contributed by atoms with van der Waals surface area (Å²) in [6, 6.07) is 12.2. The third-order valence-electron chi connectivity index (χ3n) is 7.41. The van der Waals surface area contributed by atoms with Gasteiger partial charge in [-0.15, -0.1) is 0 Å². The van der Waals surface area contributed by atoms with E-state index in [1.54, 1.807) is 23.2 Å². The van der Waals surface area contributed by atoms with E-state index < -0.39 is 6.35 Å². The molecule has 0 spiro atoms. The van der Waals surface area contributed by atoms with Gasteiger partial charge in [-0.25, -0.2) is 8.91 Å². The quantitative estimate of drug-likeness (QED) is 0.601. The number of aliphatic hydroxyl groups is 1. The van der Waals surface area contributed by atoms with Crippen LogP contribution in [-0.4, -0.2) is 68.5 Å². The topological polar surface area (TPSA) is 76.4 Å². The number of carbonyl (C=O) groups is 1.